The summed E-state index contributed by atoms with van der Waals surface area (Å²) in [4.78, 5) is 24.2. The lowest BCUT2D eigenvalue weighted by Gasteiger charge is -2.22. The minimum absolute atomic E-state index is 0.0232. The number of aliphatic carboxylic acids is 1. The van der Waals surface area contributed by atoms with Crippen molar-refractivity contribution in [3.05, 3.63) is 58.1 Å². The van der Waals surface area contributed by atoms with Gasteiger partial charge < -0.3 is 10.0 Å². The Hall–Kier alpha value is -2.54. The van der Waals surface area contributed by atoms with Crippen LogP contribution in [0.1, 0.15) is 30.5 Å². The van der Waals surface area contributed by atoms with Gasteiger partial charge in [-0.05, 0) is 47.9 Å². The molecular formula is C20H19ClF3NO3. The number of amides is 1. The molecule has 0 aliphatic heterocycles. The average molecular weight is 414 g/mol. The largest absolute Gasteiger partial charge is 0.481 e. The molecule has 2 aromatic carbocycles. The van der Waals surface area contributed by atoms with Gasteiger partial charge in [-0.3, -0.25) is 9.59 Å². The molecule has 4 nitrogen and oxygen atoms in total. The Bertz CT molecular complexity index is 897. The Balaban J connectivity index is 2.62. The van der Waals surface area contributed by atoms with Crippen molar-refractivity contribution in [1.29, 1.82) is 0 Å². The van der Waals surface area contributed by atoms with E-state index in [0.29, 0.717) is 23.2 Å². The fourth-order valence-corrected chi connectivity index (χ4v) is 3.10. The number of halogens is 4. The van der Waals surface area contributed by atoms with Gasteiger partial charge in [-0.15, -0.1) is 0 Å². The maximum absolute atomic E-state index is 13.2. The molecule has 0 saturated heterocycles. The standard InChI is InChI=1S/C20H19ClF3NO3/c1-3-25(12(2)26)11-14-10-15(20(22,23)24)5-6-16(14)17-8-13(9-19(27)28)4-7-18(17)21/h4-8,10H,3,9,11H2,1-2H3,(H,27,28). The van der Waals surface area contributed by atoms with Crippen molar-refractivity contribution < 1.29 is 27.9 Å². The predicted molar refractivity (Wildman–Crippen MR) is 100.0 cm³/mol. The molecule has 0 heterocycles. The summed E-state index contributed by atoms with van der Waals surface area (Å²) in [5.41, 5.74) is 0.760. The molecule has 8 heteroatoms. The maximum Gasteiger partial charge on any atom is 0.416 e. The van der Waals surface area contributed by atoms with E-state index in [1.165, 1.54) is 24.0 Å². The highest BCUT2D eigenvalue weighted by atomic mass is 35.5. The molecule has 0 fully saturated rings. The lowest BCUT2D eigenvalue weighted by Crippen LogP contribution is -2.28. The third-order valence-corrected chi connectivity index (χ3v) is 4.63. The van der Waals surface area contributed by atoms with Gasteiger partial charge in [0.25, 0.3) is 0 Å². The van der Waals surface area contributed by atoms with Crippen molar-refractivity contribution in [2.24, 2.45) is 0 Å². The zero-order valence-corrected chi connectivity index (χ0v) is 16.1. The number of benzene rings is 2. The van der Waals surface area contributed by atoms with Gasteiger partial charge in [0.15, 0.2) is 0 Å². The zero-order chi connectivity index (χ0) is 21.1. The molecule has 1 amide bonds. The maximum atomic E-state index is 13.2. The van der Waals surface area contributed by atoms with Crippen molar-refractivity contribution in [2.75, 3.05) is 6.54 Å². The van der Waals surface area contributed by atoms with E-state index in [4.69, 9.17) is 16.7 Å². The minimum atomic E-state index is -4.53. The smallest absolute Gasteiger partial charge is 0.416 e. The van der Waals surface area contributed by atoms with Gasteiger partial charge in [-0.25, -0.2) is 0 Å². The van der Waals surface area contributed by atoms with Crippen LogP contribution in [0.15, 0.2) is 36.4 Å². The number of hydrogen-bond acceptors (Lipinski definition) is 2. The summed E-state index contributed by atoms with van der Waals surface area (Å²) in [6.07, 6.45) is -4.77. The highest BCUT2D eigenvalue weighted by Gasteiger charge is 2.31. The molecule has 0 aliphatic carbocycles. The van der Waals surface area contributed by atoms with E-state index in [-0.39, 0.29) is 29.5 Å². The summed E-state index contributed by atoms with van der Waals surface area (Å²) in [5, 5.41) is 9.27. The van der Waals surface area contributed by atoms with Crippen LogP contribution in [-0.2, 0) is 28.7 Å². The lowest BCUT2D eigenvalue weighted by atomic mass is 9.95. The molecule has 0 atom stereocenters. The molecule has 0 radical (unpaired) electrons. The van der Waals surface area contributed by atoms with Crippen molar-refractivity contribution >= 4 is 23.5 Å². The van der Waals surface area contributed by atoms with Crippen LogP contribution >= 0.6 is 11.6 Å². The van der Waals surface area contributed by atoms with Gasteiger partial charge >= 0.3 is 12.1 Å². The van der Waals surface area contributed by atoms with E-state index in [1.807, 2.05) is 0 Å². The summed E-state index contributed by atoms with van der Waals surface area (Å²) >= 11 is 6.25. The minimum Gasteiger partial charge on any atom is -0.481 e. The van der Waals surface area contributed by atoms with E-state index in [2.05, 4.69) is 0 Å². The zero-order valence-electron chi connectivity index (χ0n) is 15.3. The number of carboxylic acids is 1. The molecule has 150 valence electrons. The highest BCUT2D eigenvalue weighted by Crippen LogP contribution is 2.37. The van der Waals surface area contributed by atoms with Crippen LogP contribution in [0.5, 0.6) is 0 Å². The third-order valence-electron chi connectivity index (χ3n) is 4.30. The number of carboxylic acid groups (broad SMARTS) is 1. The van der Waals surface area contributed by atoms with Gasteiger partial charge in [0.2, 0.25) is 5.91 Å². The fraction of sp³-hybridized carbons (Fsp3) is 0.300. The van der Waals surface area contributed by atoms with Crippen LogP contribution in [-0.4, -0.2) is 28.4 Å². The molecule has 0 aromatic heterocycles. The molecule has 0 spiro atoms. The predicted octanol–water partition coefficient (Wildman–Crippen LogP) is 5.02. The molecule has 0 saturated carbocycles. The van der Waals surface area contributed by atoms with Gasteiger partial charge in [-0.2, -0.15) is 13.2 Å². The first-order chi connectivity index (χ1) is 13.0. The Morgan fingerprint density at radius 2 is 1.79 bits per heavy atom. The summed E-state index contributed by atoms with van der Waals surface area (Å²) in [6.45, 7) is 3.38. The van der Waals surface area contributed by atoms with Gasteiger partial charge in [0.05, 0.1) is 12.0 Å². The number of nitrogens with zero attached hydrogens (tertiary/aromatic N) is 1. The first kappa shape index (κ1) is 21.8. The summed E-state index contributed by atoms with van der Waals surface area (Å²) in [6, 6.07) is 7.87. The normalized spacial score (nSPS) is 11.4. The first-order valence-electron chi connectivity index (χ1n) is 8.49. The van der Waals surface area contributed by atoms with Crippen molar-refractivity contribution in [2.45, 2.75) is 33.0 Å². The quantitative estimate of drug-likeness (QED) is 0.723. The van der Waals surface area contributed by atoms with Crippen molar-refractivity contribution in [3.63, 3.8) is 0 Å². The molecule has 2 rings (SSSR count). The van der Waals surface area contributed by atoms with E-state index in [0.717, 1.165) is 12.1 Å². The number of carbonyl (C=O) groups excluding carboxylic acids is 1. The fourth-order valence-electron chi connectivity index (χ4n) is 2.88. The molecule has 0 aliphatic rings. The van der Waals surface area contributed by atoms with Crippen LogP contribution in [0, 0.1) is 0 Å². The highest BCUT2D eigenvalue weighted by molar-refractivity contribution is 6.33. The van der Waals surface area contributed by atoms with Gasteiger partial charge in [0.1, 0.15) is 0 Å². The van der Waals surface area contributed by atoms with Crippen LogP contribution in [0.2, 0.25) is 5.02 Å². The van der Waals surface area contributed by atoms with Crippen molar-refractivity contribution in [3.8, 4) is 11.1 Å². The Morgan fingerprint density at radius 1 is 1.11 bits per heavy atom. The number of carbonyl (C=O) groups is 2. The molecule has 1 N–H and O–H groups in total. The van der Waals surface area contributed by atoms with E-state index in [1.54, 1.807) is 19.1 Å². The third kappa shape index (κ3) is 5.25. The van der Waals surface area contributed by atoms with Crippen LogP contribution in [0.3, 0.4) is 0 Å². The second-order valence-corrected chi connectivity index (χ2v) is 6.69. The van der Waals surface area contributed by atoms with E-state index in [9.17, 15) is 22.8 Å². The Kier molecular flexibility index (Phi) is 6.72. The van der Waals surface area contributed by atoms with Crippen molar-refractivity contribution in [1.82, 2.24) is 4.90 Å². The van der Waals surface area contributed by atoms with E-state index < -0.39 is 17.7 Å². The van der Waals surface area contributed by atoms with Crippen LogP contribution in [0.4, 0.5) is 13.2 Å². The van der Waals surface area contributed by atoms with E-state index >= 15 is 0 Å². The molecule has 2 aromatic rings. The van der Waals surface area contributed by atoms with Gasteiger partial charge in [-0.1, -0.05) is 23.7 Å². The second-order valence-electron chi connectivity index (χ2n) is 6.29. The molecule has 0 bridgehead atoms. The SMILES string of the molecule is CCN(Cc1cc(C(F)(F)F)ccc1-c1cc(CC(=O)O)ccc1Cl)C(C)=O. The molecular weight excluding hydrogens is 395 g/mol. The van der Waals surface area contributed by atoms with Crippen LogP contribution in [0.25, 0.3) is 11.1 Å². The summed E-state index contributed by atoms with van der Waals surface area (Å²) in [7, 11) is 0. The topological polar surface area (TPSA) is 57.6 Å². The van der Waals surface area contributed by atoms with Gasteiger partial charge in [0, 0.05) is 30.6 Å². The molecule has 28 heavy (non-hydrogen) atoms. The molecule has 0 unspecified atom stereocenters. The average Bonchev–Trinajstić information content (AvgIpc) is 2.59. The second kappa shape index (κ2) is 8.65. The number of hydrogen-bond donors (Lipinski definition) is 1. The number of rotatable bonds is 6. The summed E-state index contributed by atoms with van der Waals surface area (Å²) in [5.74, 6) is -1.30. The summed E-state index contributed by atoms with van der Waals surface area (Å²) < 4.78 is 39.6. The first-order valence-corrected chi connectivity index (χ1v) is 8.87. The Labute approximate surface area is 165 Å². The number of alkyl halides is 3. The lowest BCUT2D eigenvalue weighted by molar-refractivity contribution is -0.138. The van der Waals surface area contributed by atoms with Crippen LogP contribution < -0.4 is 0 Å². The monoisotopic (exact) mass is 413 g/mol. The Morgan fingerprint density at radius 3 is 2.32 bits per heavy atom.